The predicted octanol–water partition coefficient (Wildman–Crippen LogP) is 2.68. The lowest BCUT2D eigenvalue weighted by Gasteiger charge is -2.15. The number of hydrogen-bond acceptors (Lipinski definition) is 4. The van der Waals surface area contributed by atoms with Gasteiger partial charge in [0.05, 0.1) is 23.9 Å². The fourth-order valence-corrected chi connectivity index (χ4v) is 3.06. The molecule has 0 aliphatic heterocycles. The minimum atomic E-state index is 0.136. The molecule has 1 N–H and O–H groups in total. The number of nitrogens with one attached hydrogen (secondary N) is 1. The lowest BCUT2D eigenvalue weighted by molar-refractivity contribution is 0.581. The van der Waals surface area contributed by atoms with E-state index in [9.17, 15) is 0 Å². The average molecular weight is 264 g/mol. The van der Waals surface area contributed by atoms with Crippen LogP contribution in [0.1, 0.15) is 40.7 Å². The first-order chi connectivity index (χ1) is 8.67. The van der Waals surface area contributed by atoms with Crippen molar-refractivity contribution in [1.29, 1.82) is 0 Å². The molecule has 0 amide bonds. The van der Waals surface area contributed by atoms with E-state index < -0.39 is 0 Å². The Morgan fingerprint density at radius 1 is 1.44 bits per heavy atom. The molecule has 2 aromatic heterocycles. The maximum absolute atomic E-state index is 4.65. The summed E-state index contributed by atoms with van der Waals surface area (Å²) in [5, 5.41) is 4.46. The van der Waals surface area contributed by atoms with E-state index in [1.165, 1.54) is 10.6 Å². The van der Waals surface area contributed by atoms with Gasteiger partial charge in [0.25, 0.3) is 0 Å². The Morgan fingerprint density at radius 2 is 2.22 bits per heavy atom. The van der Waals surface area contributed by atoms with Gasteiger partial charge in [0, 0.05) is 11.4 Å². The van der Waals surface area contributed by atoms with E-state index in [-0.39, 0.29) is 6.04 Å². The molecule has 0 radical (unpaired) electrons. The molecule has 0 aromatic carbocycles. The molecule has 0 saturated carbocycles. The van der Waals surface area contributed by atoms with Crippen LogP contribution in [-0.2, 0) is 6.54 Å². The van der Waals surface area contributed by atoms with E-state index in [0.717, 1.165) is 23.7 Å². The van der Waals surface area contributed by atoms with E-state index in [4.69, 9.17) is 0 Å². The number of hydrogen-bond donors (Lipinski definition) is 1. The molecular weight excluding hydrogens is 244 g/mol. The quantitative estimate of drug-likeness (QED) is 0.903. The Kier molecular flexibility index (Phi) is 4.14. The van der Waals surface area contributed by atoms with Gasteiger partial charge in [0.1, 0.15) is 11.0 Å². The number of aryl methyl sites for hydroxylation is 3. The lowest BCUT2D eigenvalue weighted by Crippen LogP contribution is -2.20. The van der Waals surface area contributed by atoms with Gasteiger partial charge in [-0.2, -0.15) is 0 Å². The summed E-state index contributed by atoms with van der Waals surface area (Å²) in [4.78, 5) is 10.2. The van der Waals surface area contributed by atoms with E-state index in [2.05, 4.69) is 40.6 Å². The first-order valence-corrected chi connectivity index (χ1v) is 7.10. The van der Waals surface area contributed by atoms with E-state index in [1.54, 1.807) is 11.3 Å². The van der Waals surface area contributed by atoms with Crippen LogP contribution in [0.4, 0.5) is 0 Å². The Labute approximate surface area is 112 Å². The van der Waals surface area contributed by atoms with Crippen LogP contribution in [0, 0.1) is 13.8 Å². The Morgan fingerprint density at radius 3 is 2.78 bits per heavy atom. The minimum absolute atomic E-state index is 0.136. The van der Waals surface area contributed by atoms with E-state index in [0.29, 0.717) is 0 Å². The molecule has 0 fully saturated rings. The Balaban J connectivity index is 2.35. The molecule has 4 nitrogen and oxygen atoms in total. The summed E-state index contributed by atoms with van der Waals surface area (Å²) >= 11 is 1.76. The maximum atomic E-state index is 4.65. The van der Waals surface area contributed by atoms with Gasteiger partial charge in [-0.15, -0.1) is 11.3 Å². The van der Waals surface area contributed by atoms with Crippen molar-refractivity contribution in [3.8, 4) is 0 Å². The van der Waals surface area contributed by atoms with Crippen molar-refractivity contribution in [2.45, 2.75) is 39.8 Å². The fourth-order valence-electron chi connectivity index (χ4n) is 2.02. The summed E-state index contributed by atoms with van der Waals surface area (Å²) in [5.41, 5.74) is 2.31. The van der Waals surface area contributed by atoms with Crippen molar-refractivity contribution in [2.24, 2.45) is 0 Å². The van der Waals surface area contributed by atoms with Gasteiger partial charge >= 0.3 is 0 Å². The van der Waals surface area contributed by atoms with Gasteiger partial charge in [-0.05, 0) is 27.3 Å². The zero-order valence-corrected chi connectivity index (χ0v) is 12.2. The van der Waals surface area contributed by atoms with Gasteiger partial charge in [-0.3, -0.25) is 0 Å². The van der Waals surface area contributed by atoms with Gasteiger partial charge in [-0.25, -0.2) is 9.97 Å². The highest BCUT2D eigenvalue weighted by molar-refractivity contribution is 7.11. The van der Waals surface area contributed by atoms with Crippen molar-refractivity contribution in [3.63, 3.8) is 0 Å². The SMILES string of the molecule is CCCn1cncc1C(NC)c1nc(C)c(C)s1. The number of thiazole rings is 1. The van der Waals surface area contributed by atoms with Crippen molar-refractivity contribution in [2.75, 3.05) is 7.05 Å². The van der Waals surface area contributed by atoms with Gasteiger partial charge < -0.3 is 9.88 Å². The van der Waals surface area contributed by atoms with Crippen molar-refractivity contribution >= 4 is 11.3 Å². The molecule has 98 valence electrons. The van der Waals surface area contributed by atoms with E-state index in [1.807, 2.05) is 19.6 Å². The largest absolute Gasteiger partial charge is 0.333 e. The third kappa shape index (κ3) is 2.47. The van der Waals surface area contributed by atoms with Crippen molar-refractivity contribution < 1.29 is 0 Å². The zero-order valence-electron chi connectivity index (χ0n) is 11.4. The summed E-state index contributed by atoms with van der Waals surface area (Å²) in [6.45, 7) is 7.35. The highest BCUT2D eigenvalue weighted by atomic mass is 32.1. The zero-order chi connectivity index (χ0) is 13.1. The molecule has 2 aromatic rings. The first kappa shape index (κ1) is 13.2. The van der Waals surface area contributed by atoms with Crippen LogP contribution in [0.5, 0.6) is 0 Å². The smallest absolute Gasteiger partial charge is 0.116 e. The summed E-state index contributed by atoms with van der Waals surface area (Å²) < 4.78 is 2.20. The van der Waals surface area contributed by atoms with Gasteiger partial charge in [0.2, 0.25) is 0 Å². The predicted molar refractivity (Wildman–Crippen MR) is 75.0 cm³/mol. The first-order valence-electron chi connectivity index (χ1n) is 6.28. The highest BCUT2D eigenvalue weighted by Gasteiger charge is 2.20. The standard InChI is InChI=1S/C13H20N4S/c1-5-6-17-8-15-7-11(17)12(14-4)13-16-9(2)10(3)18-13/h7-8,12,14H,5-6H2,1-4H3. The minimum Gasteiger partial charge on any atom is -0.333 e. The molecular formula is C13H20N4S. The molecule has 18 heavy (non-hydrogen) atoms. The molecule has 0 bridgehead atoms. The van der Waals surface area contributed by atoms with Crippen LogP contribution in [-0.4, -0.2) is 21.6 Å². The van der Waals surface area contributed by atoms with Crippen LogP contribution in [0.2, 0.25) is 0 Å². The number of aromatic nitrogens is 3. The normalized spacial score (nSPS) is 12.9. The van der Waals surface area contributed by atoms with Crippen LogP contribution in [0.15, 0.2) is 12.5 Å². The molecule has 0 spiro atoms. The second-order valence-corrected chi connectivity index (χ2v) is 5.66. The lowest BCUT2D eigenvalue weighted by atomic mass is 10.2. The van der Waals surface area contributed by atoms with Gasteiger partial charge in [-0.1, -0.05) is 6.92 Å². The van der Waals surface area contributed by atoms with Crippen molar-refractivity contribution in [3.05, 3.63) is 33.8 Å². The summed E-state index contributed by atoms with van der Waals surface area (Å²) in [5.74, 6) is 0. The molecule has 0 saturated heterocycles. The summed E-state index contributed by atoms with van der Waals surface area (Å²) in [6.07, 6.45) is 4.94. The average Bonchev–Trinajstić information content (AvgIpc) is 2.90. The third-order valence-corrected chi connectivity index (χ3v) is 4.22. The molecule has 2 rings (SSSR count). The van der Waals surface area contributed by atoms with E-state index >= 15 is 0 Å². The molecule has 1 unspecified atom stereocenters. The third-order valence-electron chi connectivity index (χ3n) is 3.09. The maximum Gasteiger partial charge on any atom is 0.116 e. The Hall–Kier alpha value is -1.20. The molecule has 1 atom stereocenters. The topological polar surface area (TPSA) is 42.7 Å². The fraction of sp³-hybridized carbons (Fsp3) is 0.538. The molecule has 0 aliphatic rings. The van der Waals surface area contributed by atoms with Crippen LogP contribution in [0.25, 0.3) is 0 Å². The number of nitrogens with zero attached hydrogens (tertiary/aromatic N) is 3. The monoisotopic (exact) mass is 264 g/mol. The number of imidazole rings is 1. The molecule has 2 heterocycles. The second kappa shape index (κ2) is 5.63. The summed E-state index contributed by atoms with van der Waals surface area (Å²) in [7, 11) is 1.97. The Bertz CT molecular complexity index is 495. The molecule has 5 heteroatoms. The summed E-state index contributed by atoms with van der Waals surface area (Å²) in [6, 6.07) is 0.136. The van der Waals surface area contributed by atoms with Crippen LogP contribution >= 0.6 is 11.3 Å². The second-order valence-electron chi connectivity index (χ2n) is 4.43. The molecule has 0 aliphatic carbocycles. The highest BCUT2D eigenvalue weighted by Crippen LogP contribution is 2.27. The van der Waals surface area contributed by atoms with Crippen LogP contribution in [0.3, 0.4) is 0 Å². The van der Waals surface area contributed by atoms with Crippen LogP contribution < -0.4 is 5.32 Å². The van der Waals surface area contributed by atoms with Crippen molar-refractivity contribution in [1.82, 2.24) is 19.9 Å². The van der Waals surface area contributed by atoms with Gasteiger partial charge in [0.15, 0.2) is 0 Å². The number of rotatable bonds is 5.